The molecule has 1 heterocycles. The number of hydrogen-bond acceptors (Lipinski definition) is 14. The highest BCUT2D eigenvalue weighted by molar-refractivity contribution is 6.24. The zero-order valence-corrected chi connectivity index (χ0v) is 23.4. The van der Waals surface area contributed by atoms with Crippen LogP contribution in [0.2, 0.25) is 0 Å². The van der Waals surface area contributed by atoms with Crippen LogP contribution in [0, 0.1) is 11.8 Å². The molecule has 10 atom stereocenters. The zero-order valence-electron chi connectivity index (χ0n) is 23.4. The predicted octanol–water partition coefficient (Wildman–Crippen LogP) is -2.90. The maximum atomic E-state index is 14.1. The van der Waals surface area contributed by atoms with E-state index in [1.54, 1.807) is 0 Å². The van der Waals surface area contributed by atoms with Crippen LogP contribution in [0.1, 0.15) is 24.5 Å². The van der Waals surface area contributed by atoms with E-state index >= 15 is 0 Å². The Kier molecular flexibility index (Phi) is 7.47. The third kappa shape index (κ3) is 4.22. The van der Waals surface area contributed by atoms with E-state index < -0.39 is 107 Å². The molecule has 2 fully saturated rings. The summed E-state index contributed by atoms with van der Waals surface area (Å²) in [6.45, 7) is 0.608. The highest BCUT2D eigenvalue weighted by atomic mass is 16.7. The molecule has 234 valence electrons. The third-order valence-electron chi connectivity index (χ3n) is 9.10. The number of rotatable bonds is 5. The normalized spacial score (nSPS) is 39.4. The fourth-order valence-corrected chi connectivity index (χ4v) is 6.88. The molecule has 3 aliphatic carbocycles. The number of benzene rings is 1. The first-order chi connectivity index (χ1) is 20.0. The van der Waals surface area contributed by atoms with E-state index in [-0.39, 0.29) is 23.3 Å². The van der Waals surface area contributed by atoms with E-state index in [1.807, 2.05) is 0 Å². The highest BCUT2D eigenvalue weighted by Crippen LogP contribution is 2.57. The molecule has 1 saturated heterocycles. The molecule has 1 aliphatic heterocycles. The minimum absolute atomic E-state index is 0.0557. The molecule has 15 heteroatoms. The minimum atomic E-state index is -2.88. The Morgan fingerprint density at radius 2 is 1.77 bits per heavy atom. The average Bonchev–Trinajstić information content (AvgIpc) is 2.93. The summed E-state index contributed by atoms with van der Waals surface area (Å²) in [5.74, 6) is -8.44. The van der Waals surface area contributed by atoms with Gasteiger partial charge in [-0.3, -0.25) is 19.3 Å². The van der Waals surface area contributed by atoms with Gasteiger partial charge in [0.1, 0.15) is 47.3 Å². The van der Waals surface area contributed by atoms with Crippen LogP contribution < -0.4 is 10.5 Å². The number of amides is 1. The zero-order chi connectivity index (χ0) is 31.9. The van der Waals surface area contributed by atoms with Crippen molar-refractivity contribution >= 4 is 23.2 Å². The maximum Gasteiger partial charge on any atom is 0.255 e. The van der Waals surface area contributed by atoms with Gasteiger partial charge in [0, 0.05) is 17.4 Å². The minimum Gasteiger partial charge on any atom is -0.508 e. The van der Waals surface area contributed by atoms with Crippen LogP contribution in [0.25, 0.3) is 5.76 Å². The summed E-state index contributed by atoms with van der Waals surface area (Å²) in [6, 6.07) is 2.86. The van der Waals surface area contributed by atoms with Crippen LogP contribution in [0.5, 0.6) is 5.75 Å². The van der Waals surface area contributed by atoms with Crippen molar-refractivity contribution in [3.63, 3.8) is 0 Å². The van der Waals surface area contributed by atoms with Crippen molar-refractivity contribution in [2.45, 2.75) is 61.3 Å². The number of nitrogens with zero attached hydrogens (tertiary/aromatic N) is 1. The van der Waals surface area contributed by atoms with Crippen LogP contribution in [-0.2, 0) is 24.7 Å². The van der Waals surface area contributed by atoms with Crippen molar-refractivity contribution in [1.29, 1.82) is 0 Å². The van der Waals surface area contributed by atoms with Crippen LogP contribution in [-0.4, -0.2) is 126 Å². The SMILES string of the molecule is CN(C)[C@@H]1C(=O)C(C(N)=O)=C(O)[C@@]2(O)C(=O)C3=C(O)c4c(OC5OC(CO)C(O)C(O)C5O)cccc4[C@@](C)(O)C3C[C@@H]12. The van der Waals surface area contributed by atoms with Crippen molar-refractivity contribution < 1.29 is 64.7 Å². The molecular formula is C28H34N2O13. The first kappa shape index (κ1) is 31.0. The molecule has 0 bridgehead atoms. The van der Waals surface area contributed by atoms with Gasteiger partial charge in [-0.05, 0) is 39.1 Å². The van der Waals surface area contributed by atoms with Crippen LogP contribution >= 0.6 is 0 Å². The summed E-state index contributed by atoms with van der Waals surface area (Å²) in [4.78, 5) is 40.9. The Labute approximate surface area is 244 Å². The van der Waals surface area contributed by atoms with Gasteiger partial charge in [-0.1, -0.05) is 12.1 Å². The van der Waals surface area contributed by atoms with Gasteiger partial charge in [0.2, 0.25) is 12.1 Å². The van der Waals surface area contributed by atoms with E-state index in [9.17, 15) is 55.2 Å². The number of primary amides is 1. The van der Waals surface area contributed by atoms with Gasteiger partial charge in [-0.25, -0.2) is 0 Å². The van der Waals surface area contributed by atoms with E-state index in [2.05, 4.69) is 0 Å². The van der Waals surface area contributed by atoms with Crippen molar-refractivity contribution in [2.75, 3.05) is 20.7 Å². The molecule has 6 unspecified atom stereocenters. The predicted molar refractivity (Wildman–Crippen MR) is 143 cm³/mol. The largest absolute Gasteiger partial charge is 0.508 e. The van der Waals surface area contributed by atoms with Gasteiger partial charge in [0.25, 0.3) is 5.91 Å². The number of ketones is 2. The quantitative estimate of drug-likeness (QED) is 0.152. The smallest absolute Gasteiger partial charge is 0.255 e. The number of aliphatic hydroxyl groups excluding tert-OH is 6. The lowest BCUT2D eigenvalue weighted by molar-refractivity contribution is -0.277. The molecule has 43 heavy (non-hydrogen) atoms. The maximum absolute atomic E-state index is 14.1. The van der Waals surface area contributed by atoms with Gasteiger partial charge in [0.05, 0.1) is 23.8 Å². The number of nitrogens with two attached hydrogens (primary N) is 1. The number of ether oxygens (including phenoxy) is 2. The Balaban J connectivity index is 1.67. The fourth-order valence-electron chi connectivity index (χ4n) is 6.88. The summed E-state index contributed by atoms with van der Waals surface area (Å²) in [5.41, 5.74) is -1.17. The molecular weight excluding hydrogens is 572 g/mol. The van der Waals surface area contributed by atoms with Gasteiger partial charge in [0.15, 0.2) is 11.4 Å². The number of carbonyl (C=O) groups is 3. The second kappa shape index (κ2) is 10.3. The first-order valence-corrected chi connectivity index (χ1v) is 13.5. The topological polar surface area (TPSA) is 261 Å². The molecule has 4 aliphatic rings. The number of fused-ring (bicyclic) bond motifs is 3. The second-order valence-electron chi connectivity index (χ2n) is 11.8. The summed E-state index contributed by atoms with van der Waals surface area (Å²) in [7, 11) is 2.93. The van der Waals surface area contributed by atoms with Crippen molar-refractivity contribution in [2.24, 2.45) is 17.6 Å². The van der Waals surface area contributed by atoms with Gasteiger partial charge >= 0.3 is 0 Å². The van der Waals surface area contributed by atoms with Gasteiger partial charge < -0.3 is 56.1 Å². The molecule has 1 amide bonds. The Bertz CT molecular complexity index is 1450. The Morgan fingerprint density at radius 3 is 2.35 bits per heavy atom. The fraction of sp³-hybridized carbons (Fsp3) is 0.536. The number of hydrogen-bond donors (Lipinski definition) is 9. The number of aliphatic hydroxyl groups is 8. The lowest BCUT2D eigenvalue weighted by Crippen LogP contribution is -2.67. The summed E-state index contributed by atoms with van der Waals surface area (Å²) >= 11 is 0. The molecule has 10 N–H and O–H groups in total. The van der Waals surface area contributed by atoms with Crippen LogP contribution in [0.3, 0.4) is 0 Å². The lowest BCUT2D eigenvalue weighted by atomic mass is 9.54. The van der Waals surface area contributed by atoms with E-state index in [0.29, 0.717) is 0 Å². The summed E-state index contributed by atoms with van der Waals surface area (Å²) in [6.07, 6.45) is -8.59. The Morgan fingerprint density at radius 1 is 1.12 bits per heavy atom. The van der Waals surface area contributed by atoms with Crippen molar-refractivity contribution in [1.82, 2.24) is 4.90 Å². The number of carbonyl (C=O) groups excluding carboxylic acids is 3. The van der Waals surface area contributed by atoms with E-state index in [4.69, 9.17) is 15.2 Å². The van der Waals surface area contributed by atoms with E-state index in [1.165, 1.54) is 44.1 Å². The average molecular weight is 607 g/mol. The second-order valence-corrected chi connectivity index (χ2v) is 11.8. The molecule has 0 aromatic heterocycles. The third-order valence-corrected chi connectivity index (χ3v) is 9.10. The van der Waals surface area contributed by atoms with Crippen LogP contribution in [0.4, 0.5) is 0 Å². The number of Topliss-reactive ketones (excluding diaryl/α,β-unsaturated/α-hetero) is 2. The standard InChI is InChI=1S/C28H34N2O13/c1-27(40)9-5-4-6-12(42-26-22(36)21(35)18(32)13(8-31)43-26)14(9)19(33)15-10(27)7-11-17(30(2)3)20(34)16(25(29)39)24(38)28(11,41)23(15)37/h4-6,10-11,13,17-18,21-22,26,31-33,35-36,38,40-41H,7-8H2,1-3H3,(H2,29,39)/t10?,11-,13?,17-,18?,21?,22?,26?,27+,28-/m0/s1. The molecule has 0 radical (unpaired) electrons. The molecule has 1 aromatic rings. The first-order valence-electron chi connectivity index (χ1n) is 13.5. The van der Waals surface area contributed by atoms with Crippen LogP contribution in [0.15, 0.2) is 35.1 Å². The molecule has 1 saturated carbocycles. The van der Waals surface area contributed by atoms with Gasteiger partial charge in [-0.2, -0.15) is 0 Å². The van der Waals surface area contributed by atoms with E-state index in [0.717, 1.165) is 0 Å². The molecule has 5 rings (SSSR count). The van der Waals surface area contributed by atoms with Gasteiger partial charge in [-0.15, -0.1) is 0 Å². The van der Waals surface area contributed by atoms with Crippen molar-refractivity contribution in [3.8, 4) is 5.75 Å². The summed E-state index contributed by atoms with van der Waals surface area (Å²) in [5, 5.41) is 86.6. The highest BCUT2D eigenvalue weighted by Gasteiger charge is 2.66. The Hall–Kier alpha value is -3.41. The monoisotopic (exact) mass is 606 g/mol. The van der Waals surface area contributed by atoms with Crippen molar-refractivity contribution in [3.05, 3.63) is 46.2 Å². The molecule has 1 aromatic carbocycles. The summed E-state index contributed by atoms with van der Waals surface area (Å²) < 4.78 is 11.2. The lowest BCUT2D eigenvalue weighted by Gasteiger charge is -2.53. The molecule has 15 nitrogen and oxygen atoms in total. The number of likely N-dealkylation sites (N-methyl/N-ethyl adjacent to an activating group) is 1. The molecule has 0 spiro atoms.